The molecule has 0 aromatic rings. The lowest BCUT2D eigenvalue weighted by Crippen LogP contribution is -2.50. The normalized spacial score (nSPS) is 22.0. The van der Waals surface area contributed by atoms with Crippen molar-refractivity contribution >= 4 is 7.25 Å². The molecule has 1 heterocycles. The van der Waals surface area contributed by atoms with E-state index >= 15 is 0 Å². The van der Waals surface area contributed by atoms with E-state index in [4.69, 9.17) is 9.47 Å². The third-order valence-electron chi connectivity index (χ3n) is 3.19. The largest absolute Gasteiger partial charge is 0.673 e. The van der Waals surface area contributed by atoms with Crippen LogP contribution in [0.15, 0.2) is 0 Å². The zero-order valence-corrected chi connectivity index (χ0v) is 11.3. The lowest BCUT2D eigenvalue weighted by molar-refractivity contribution is -0.944. The fraction of sp³-hybridized carbons (Fsp3) is 1.00. The molecule has 0 bridgehead atoms. The Labute approximate surface area is 106 Å². The number of rotatable bonds is 4. The summed E-state index contributed by atoms with van der Waals surface area (Å²) in [6.07, 6.45) is 2.81. The second-order valence-corrected chi connectivity index (χ2v) is 4.67. The number of ether oxygens (including phenoxy) is 2. The van der Waals surface area contributed by atoms with Gasteiger partial charge in [-0.3, -0.25) is 0 Å². The summed E-state index contributed by atoms with van der Waals surface area (Å²) in [4.78, 5) is 0. The van der Waals surface area contributed by atoms with Crippen LogP contribution in [0.25, 0.3) is 0 Å². The number of quaternary nitrogens is 1. The number of nitrogens with zero attached hydrogens (tertiary/aromatic N) is 1. The van der Waals surface area contributed by atoms with Gasteiger partial charge in [0.1, 0.15) is 0 Å². The second kappa shape index (κ2) is 7.30. The summed E-state index contributed by atoms with van der Waals surface area (Å²) in [5.41, 5.74) is 0. The summed E-state index contributed by atoms with van der Waals surface area (Å²) < 4.78 is 50.9. The van der Waals surface area contributed by atoms with Gasteiger partial charge in [-0.05, 0) is 6.92 Å². The quantitative estimate of drug-likeness (QED) is 0.340. The Balaban J connectivity index is 0.000000494. The van der Waals surface area contributed by atoms with Crippen LogP contribution in [0.1, 0.15) is 26.7 Å². The van der Waals surface area contributed by atoms with Crippen LogP contribution >= 0.6 is 0 Å². The highest BCUT2D eigenvalue weighted by Gasteiger charge is 2.34. The Hall–Kier alpha value is -0.335. The predicted octanol–water partition coefficient (Wildman–Crippen LogP) is 2.88. The van der Waals surface area contributed by atoms with Crippen LogP contribution < -0.4 is 0 Å². The SMILES string of the molecule is COC(C)OC(C)[N+]1(C)CCCC1.F[B-](F)(F)F. The molecule has 1 aliphatic rings. The van der Waals surface area contributed by atoms with Crippen LogP contribution in [0.2, 0.25) is 0 Å². The molecule has 0 aromatic heterocycles. The molecule has 1 rings (SSSR count). The number of methoxy groups -OCH3 is 1. The van der Waals surface area contributed by atoms with Gasteiger partial charge < -0.3 is 31.2 Å². The van der Waals surface area contributed by atoms with Crippen LogP contribution in [-0.4, -0.2) is 51.5 Å². The third-order valence-corrected chi connectivity index (χ3v) is 3.19. The molecule has 18 heavy (non-hydrogen) atoms. The van der Waals surface area contributed by atoms with Crippen molar-refractivity contribution in [3.8, 4) is 0 Å². The van der Waals surface area contributed by atoms with Crippen molar-refractivity contribution in [3.05, 3.63) is 0 Å². The van der Waals surface area contributed by atoms with E-state index in [2.05, 4.69) is 14.0 Å². The fourth-order valence-corrected chi connectivity index (χ4v) is 1.90. The first kappa shape index (κ1) is 17.7. The molecule has 0 N–H and O–H groups in total. The minimum Gasteiger partial charge on any atom is -0.418 e. The summed E-state index contributed by atoms with van der Waals surface area (Å²) in [5, 5.41) is 0. The molecule has 1 fully saturated rings. The van der Waals surface area contributed by atoms with Gasteiger partial charge in [0.05, 0.1) is 20.1 Å². The van der Waals surface area contributed by atoms with Gasteiger partial charge in [-0.1, -0.05) is 0 Å². The predicted molar refractivity (Wildman–Crippen MR) is 62.4 cm³/mol. The number of hydrogen-bond donors (Lipinski definition) is 0. The summed E-state index contributed by atoms with van der Waals surface area (Å²) in [5.74, 6) is 0. The zero-order chi connectivity index (χ0) is 14.4. The second-order valence-electron chi connectivity index (χ2n) is 4.67. The average molecular weight is 275 g/mol. The van der Waals surface area contributed by atoms with Gasteiger partial charge in [0.2, 0.25) is 0 Å². The maximum absolute atomic E-state index is 9.75. The number of hydrogen-bond acceptors (Lipinski definition) is 2. The maximum Gasteiger partial charge on any atom is 0.673 e. The standard InChI is InChI=1S/C10H22NO2.BF4/c1-9(13-10(2)12-4)11(3)7-5-6-8-11;2-1(3,4)5/h9-10H,5-8H2,1-4H3;/q+1;-1. The van der Waals surface area contributed by atoms with Crippen molar-refractivity contribution in [2.45, 2.75) is 39.2 Å². The van der Waals surface area contributed by atoms with Crippen molar-refractivity contribution in [2.24, 2.45) is 0 Å². The highest BCUT2D eigenvalue weighted by atomic mass is 19.5. The average Bonchev–Trinajstić information content (AvgIpc) is 2.63. The summed E-state index contributed by atoms with van der Waals surface area (Å²) in [6, 6.07) is 0. The molecule has 1 aliphatic heterocycles. The molecule has 3 nitrogen and oxygen atoms in total. The summed E-state index contributed by atoms with van der Waals surface area (Å²) >= 11 is 0. The molecule has 2 atom stereocenters. The molecule has 0 saturated carbocycles. The van der Waals surface area contributed by atoms with Gasteiger partial charge >= 0.3 is 7.25 Å². The molecule has 0 aromatic carbocycles. The molecular weight excluding hydrogens is 253 g/mol. The van der Waals surface area contributed by atoms with Crippen LogP contribution in [0.5, 0.6) is 0 Å². The van der Waals surface area contributed by atoms with Gasteiger partial charge in [-0.2, -0.15) is 0 Å². The molecule has 110 valence electrons. The molecule has 0 spiro atoms. The highest BCUT2D eigenvalue weighted by molar-refractivity contribution is 6.50. The Bertz CT molecular complexity index is 228. The fourth-order valence-electron chi connectivity index (χ4n) is 1.90. The van der Waals surface area contributed by atoms with Crippen molar-refractivity contribution in [3.63, 3.8) is 0 Å². The van der Waals surface area contributed by atoms with E-state index in [9.17, 15) is 17.3 Å². The molecule has 8 heteroatoms. The first-order valence-corrected chi connectivity index (χ1v) is 5.98. The maximum atomic E-state index is 9.75. The summed E-state index contributed by atoms with van der Waals surface area (Å²) in [6.45, 7) is 6.55. The van der Waals surface area contributed by atoms with E-state index < -0.39 is 7.25 Å². The molecular formula is C10H22BF4NO2. The van der Waals surface area contributed by atoms with Crippen molar-refractivity contribution < 1.29 is 31.2 Å². The molecule has 2 unspecified atom stereocenters. The topological polar surface area (TPSA) is 18.5 Å². The lowest BCUT2D eigenvalue weighted by Gasteiger charge is -2.36. The Kier molecular flexibility index (Phi) is 7.17. The van der Waals surface area contributed by atoms with E-state index in [0.29, 0.717) is 0 Å². The number of likely N-dealkylation sites (tertiary alicyclic amines) is 1. The van der Waals surface area contributed by atoms with Gasteiger partial charge in [0.25, 0.3) is 0 Å². The first-order chi connectivity index (χ1) is 8.08. The molecule has 0 radical (unpaired) electrons. The van der Waals surface area contributed by atoms with Gasteiger partial charge in [-0.25, -0.2) is 0 Å². The Morgan fingerprint density at radius 3 is 1.78 bits per heavy atom. The Morgan fingerprint density at radius 1 is 1.06 bits per heavy atom. The van der Waals surface area contributed by atoms with Crippen molar-refractivity contribution in [1.29, 1.82) is 0 Å². The minimum absolute atomic E-state index is 0.0921. The van der Waals surface area contributed by atoms with E-state index in [1.807, 2.05) is 6.92 Å². The lowest BCUT2D eigenvalue weighted by atomic mass is 10.3. The molecule has 0 amide bonds. The van der Waals surface area contributed by atoms with Crippen LogP contribution in [0.3, 0.4) is 0 Å². The minimum atomic E-state index is -6.00. The van der Waals surface area contributed by atoms with Crippen LogP contribution in [0, 0.1) is 0 Å². The molecule has 1 saturated heterocycles. The van der Waals surface area contributed by atoms with E-state index in [1.165, 1.54) is 25.9 Å². The smallest absolute Gasteiger partial charge is 0.418 e. The van der Waals surface area contributed by atoms with Gasteiger partial charge in [0.15, 0.2) is 12.5 Å². The molecule has 0 aliphatic carbocycles. The van der Waals surface area contributed by atoms with E-state index in [0.717, 1.165) is 4.48 Å². The zero-order valence-electron chi connectivity index (χ0n) is 11.3. The van der Waals surface area contributed by atoms with E-state index in [1.54, 1.807) is 7.11 Å². The first-order valence-electron chi connectivity index (χ1n) is 5.98. The highest BCUT2D eigenvalue weighted by Crippen LogP contribution is 2.22. The van der Waals surface area contributed by atoms with Gasteiger partial charge in [0, 0.05) is 26.9 Å². The third kappa shape index (κ3) is 7.89. The van der Waals surface area contributed by atoms with E-state index in [-0.39, 0.29) is 12.5 Å². The summed E-state index contributed by atoms with van der Waals surface area (Å²) in [7, 11) is -2.05. The van der Waals surface area contributed by atoms with Crippen molar-refractivity contribution in [1.82, 2.24) is 0 Å². The number of halogens is 4. The van der Waals surface area contributed by atoms with Gasteiger partial charge in [-0.15, -0.1) is 0 Å². The Morgan fingerprint density at radius 2 is 1.44 bits per heavy atom. The van der Waals surface area contributed by atoms with Crippen LogP contribution in [0.4, 0.5) is 17.3 Å². The monoisotopic (exact) mass is 275 g/mol. The van der Waals surface area contributed by atoms with Crippen molar-refractivity contribution in [2.75, 3.05) is 27.2 Å². The van der Waals surface area contributed by atoms with Crippen LogP contribution in [-0.2, 0) is 9.47 Å².